The van der Waals surface area contributed by atoms with E-state index in [1.54, 1.807) is 19.0 Å². The zero-order valence-corrected chi connectivity index (χ0v) is 9.23. The van der Waals surface area contributed by atoms with E-state index in [-0.39, 0.29) is 11.7 Å². The fraction of sp³-hybridized carbons (Fsp3) is 0.625. The van der Waals surface area contributed by atoms with Crippen LogP contribution in [0.25, 0.3) is 0 Å². The second-order valence-electron chi connectivity index (χ2n) is 3.47. The lowest BCUT2D eigenvalue weighted by molar-refractivity contribution is 0.327. The van der Waals surface area contributed by atoms with Crippen LogP contribution in [0.5, 0.6) is 6.01 Å². The molecule has 0 aromatic carbocycles. The third-order valence-corrected chi connectivity index (χ3v) is 2.51. The number of nitrogens with zero attached hydrogens (tertiary/aromatic N) is 4. The number of aromatic nitrogens is 3. The van der Waals surface area contributed by atoms with Gasteiger partial charge in [-0.25, -0.2) is 9.36 Å². The normalized spacial score (nSPS) is 18.5. The molecule has 1 aromatic heterocycles. The summed E-state index contributed by atoms with van der Waals surface area (Å²) < 4.78 is 6.66. The highest BCUT2D eigenvalue weighted by Crippen LogP contribution is 2.22. The van der Waals surface area contributed by atoms with Crippen molar-refractivity contribution in [2.24, 2.45) is 0 Å². The molecule has 0 saturated heterocycles. The Morgan fingerprint density at radius 3 is 2.93 bits per heavy atom. The first-order valence-electron chi connectivity index (χ1n) is 4.50. The molecule has 0 fully saturated rings. The Labute approximate surface area is 91.5 Å². The van der Waals surface area contributed by atoms with E-state index < -0.39 is 0 Å². The Bertz CT molecular complexity index is 431. The van der Waals surface area contributed by atoms with Crippen molar-refractivity contribution in [3.8, 4) is 6.01 Å². The van der Waals surface area contributed by atoms with Gasteiger partial charge in [0.05, 0.1) is 6.04 Å². The number of hydrogen-bond acceptors (Lipinski definition) is 5. The molecular formula is C8H11ClN4O2. The van der Waals surface area contributed by atoms with Gasteiger partial charge in [-0.15, -0.1) is 11.6 Å². The van der Waals surface area contributed by atoms with E-state index in [1.165, 1.54) is 4.57 Å². The number of fused-ring (bicyclic) bond motifs is 1. The van der Waals surface area contributed by atoms with Crippen molar-refractivity contribution in [2.75, 3.05) is 31.5 Å². The predicted octanol–water partition coefficient (Wildman–Crippen LogP) is -0.123. The summed E-state index contributed by atoms with van der Waals surface area (Å²) in [6, 6.07) is 0.134. The van der Waals surface area contributed by atoms with Crippen LogP contribution in [0.15, 0.2) is 4.79 Å². The molecule has 0 saturated carbocycles. The first-order valence-corrected chi connectivity index (χ1v) is 5.03. The lowest BCUT2D eigenvalue weighted by atomic mass is 10.4. The standard InChI is InChI=1S/C8H11ClN4O2/c1-12(2)6-10-7(14)13-5(3-9)4-15-8(13)11-6/h5H,3-4H2,1-2H3. The van der Waals surface area contributed by atoms with Gasteiger partial charge in [0, 0.05) is 20.0 Å². The van der Waals surface area contributed by atoms with Gasteiger partial charge in [0.15, 0.2) is 0 Å². The van der Waals surface area contributed by atoms with Gasteiger partial charge in [-0.05, 0) is 0 Å². The van der Waals surface area contributed by atoms with Gasteiger partial charge < -0.3 is 9.64 Å². The molecule has 1 aliphatic rings. The van der Waals surface area contributed by atoms with Crippen molar-refractivity contribution in [2.45, 2.75) is 6.04 Å². The summed E-state index contributed by atoms with van der Waals surface area (Å²) in [6.07, 6.45) is 0. The van der Waals surface area contributed by atoms with Gasteiger partial charge >= 0.3 is 11.7 Å². The molecule has 0 bridgehead atoms. The Kier molecular flexibility index (Phi) is 2.52. The molecule has 7 heteroatoms. The fourth-order valence-corrected chi connectivity index (χ4v) is 1.59. The summed E-state index contributed by atoms with van der Waals surface area (Å²) in [5, 5.41) is 0. The highest BCUT2D eigenvalue weighted by atomic mass is 35.5. The largest absolute Gasteiger partial charge is 0.462 e. The van der Waals surface area contributed by atoms with E-state index in [4.69, 9.17) is 16.3 Å². The van der Waals surface area contributed by atoms with Crippen LogP contribution in [0.2, 0.25) is 0 Å². The molecule has 2 heterocycles. The number of alkyl halides is 1. The minimum Gasteiger partial charge on any atom is -0.462 e. The Hall–Kier alpha value is -1.30. The predicted molar refractivity (Wildman–Crippen MR) is 55.9 cm³/mol. The molecule has 0 amide bonds. The summed E-state index contributed by atoms with van der Waals surface area (Å²) in [6.45, 7) is 0.379. The van der Waals surface area contributed by atoms with Crippen LogP contribution in [-0.4, -0.2) is 41.1 Å². The maximum Gasteiger partial charge on any atom is 0.355 e. The van der Waals surface area contributed by atoms with Crippen LogP contribution in [-0.2, 0) is 0 Å². The smallest absolute Gasteiger partial charge is 0.355 e. The summed E-state index contributed by atoms with van der Waals surface area (Å²) in [7, 11) is 3.53. The molecule has 1 aliphatic heterocycles. The molecule has 6 nitrogen and oxygen atoms in total. The molecule has 1 unspecified atom stereocenters. The van der Waals surface area contributed by atoms with Crippen LogP contribution in [0.4, 0.5) is 5.95 Å². The van der Waals surface area contributed by atoms with Crippen molar-refractivity contribution in [1.82, 2.24) is 14.5 Å². The van der Waals surface area contributed by atoms with Gasteiger partial charge in [-0.3, -0.25) is 0 Å². The van der Waals surface area contributed by atoms with E-state index in [1.807, 2.05) is 0 Å². The number of rotatable bonds is 2. The monoisotopic (exact) mass is 230 g/mol. The number of halogens is 1. The zero-order chi connectivity index (χ0) is 11.0. The molecule has 0 radical (unpaired) electrons. The highest BCUT2D eigenvalue weighted by molar-refractivity contribution is 6.18. The van der Waals surface area contributed by atoms with Gasteiger partial charge in [0.2, 0.25) is 5.95 Å². The molecular weight excluding hydrogens is 220 g/mol. The molecule has 1 aromatic rings. The molecule has 0 N–H and O–H groups in total. The summed E-state index contributed by atoms with van der Waals surface area (Å²) in [5.74, 6) is 0.666. The van der Waals surface area contributed by atoms with Gasteiger partial charge in [-0.2, -0.15) is 9.97 Å². The lowest BCUT2D eigenvalue weighted by Crippen LogP contribution is -2.28. The van der Waals surface area contributed by atoms with Crippen molar-refractivity contribution in [3.05, 3.63) is 10.5 Å². The van der Waals surface area contributed by atoms with Crippen molar-refractivity contribution in [3.63, 3.8) is 0 Å². The first-order chi connectivity index (χ1) is 7.13. The van der Waals surface area contributed by atoms with Crippen LogP contribution < -0.4 is 15.3 Å². The molecule has 0 spiro atoms. The zero-order valence-electron chi connectivity index (χ0n) is 8.47. The fourth-order valence-electron chi connectivity index (χ4n) is 1.36. The van der Waals surface area contributed by atoms with Gasteiger partial charge in [0.25, 0.3) is 0 Å². The van der Waals surface area contributed by atoms with Crippen molar-refractivity contribution >= 4 is 17.5 Å². The summed E-state index contributed by atoms with van der Waals surface area (Å²) >= 11 is 5.70. The summed E-state index contributed by atoms with van der Waals surface area (Å²) in [4.78, 5) is 21.2. The second kappa shape index (κ2) is 3.69. The van der Waals surface area contributed by atoms with E-state index in [9.17, 15) is 4.79 Å². The number of ether oxygens (including phenoxy) is 1. The Morgan fingerprint density at radius 1 is 1.60 bits per heavy atom. The quantitative estimate of drug-likeness (QED) is 0.663. The third-order valence-electron chi connectivity index (χ3n) is 2.15. The second-order valence-corrected chi connectivity index (χ2v) is 3.78. The average Bonchev–Trinajstić information content (AvgIpc) is 2.60. The molecule has 82 valence electrons. The number of anilines is 1. The van der Waals surface area contributed by atoms with Crippen LogP contribution in [0.1, 0.15) is 6.04 Å². The topological polar surface area (TPSA) is 60.2 Å². The minimum atomic E-state index is -0.369. The third kappa shape index (κ3) is 1.65. The van der Waals surface area contributed by atoms with Gasteiger partial charge in [-0.1, -0.05) is 0 Å². The minimum absolute atomic E-state index is 0.162. The van der Waals surface area contributed by atoms with Crippen LogP contribution in [0, 0.1) is 0 Å². The molecule has 0 aliphatic carbocycles. The van der Waals surface area contributed by atoms with E-state index in [0.29, 0.717) is 24.4 Å². The lowest BCUT2D eigenvalue weighted by Gasteiger charge is -2.11. The SMILES string of the molecule is CN(C)c1nc2n(c(=O)n1)C(CCl)CO2. The van der Waals surface area contributed by atoms with E-state index in [2.05, 4.69) is 9.97 Å². The van der Waals surface area contributed by atoms with Crippen molar-refractivity contribution < 1.29 is 4.74 Å². The highest BCUT2D eigenvalue weighted by Gasteiger charge is 2.26. The Morgan fingerprint density at radius 2 is 2.33 bits per heavy atom. The maximum absolute atomic E-state index is 11.7. The maximum atomic E-state index is 11.7. The van der Waals surface area contributed by atoms with Crippen LogP contribution in [0.3, 0.4) is 0 Å². The summed E-state index contributed by atoms with van der Waals surface area (Å²) in [5.41, 5.74) is -0.369. The Balaban J connectivity index is 2.51. The van der Waals surface area contributed by atoms with Crippen molar-refractivity contribution in [1.29, 1.82) is 0 Å². The van der Waals surface area contributed by atoms with E-state index >= 15 is 0 Å². The number of hydrogen-bond donors (Lipinski definition) is 0. The van der Waals surface area contributed by atoms with E-state index in [0.717, 1.165) is 0 Å². The molecule has 2 rings (SSSR count). The van der Waals surface area contributed by atoms with Crippen LogP contribution >= 0.6 is 11.6 Å². The van der Waals surface area contributed by atoms with Gasteiger partial charge in [0.1, 0.15) is 6.61 Å². The average molecular weight is 231 g/mol. The molecule has 1 atom stereocenters. The first kappa shape index (κ1) is 10.2. The molecule has 15 heavy (non-hydrogen) atoms.